The topological polar surface area (TPSA) is 84.8 Å². The zero-order valence-electron chi connectivity index (χ0n) is 19.0. The molecule has 0 aliphatic carbocycles. The summed E-state index contributed by atoms with van der Waals surface area (Å²) in [6.07, 6.45) is 1.66. The number of aromatic nitrogens is 2. The number of aliphatic hydroxyl groups is 1. The second-order valence-corrected chi connectivity index (χ2v) is 8.86. The summed E-state index contributed by atoms with van der Waals surface area (Å²) in [7, 11) is 0. The van der Waals surface area contributed by atoms with Crippen LogP contribution >= 0.6 is 0 Å². The van der Waals surface area contributed by atoms with Gasteiger partial charge in [0.05, 0.1) is 5.39 Å². The zero-order chi connectivity index (χ0) is 22.8. The predicted molar refractivity (Wildman–Crippen MR) is 125 cm³/mol. The van der Waals surface area contributed by atoms with Gasteiger partial charge in [0.2, 0.25) is 5.89 Å². The maximum Gasteiger partial charge on any atom is 0.283 e. The summed E-state index contributed by atoms with van der Waals surface area (Å²) in [5.74, 6) is 2.58. The second-order valence-electron chi connectivity index (χ2n) is 8.86. The number of furan rings is 1. The van der Waals surface area contributed by atoms with E-state index >= 15 is 0 Å². The highest BCUT2D eigenvalue weighted by Gasteiger charge is 2.23. The minimum Gasteiger partial charge on any atom is -0.490 e. The van der Waals surface area contributed by atoms with Gasteiger partial charge in [-0.25, -0.2) is 0 Å². The molecule has 4 aromatic rings. The smallest absolute Gasteiger partial charge is 0.283 e. The lowest BCUT2D eigenvalue weighted by Gasteiger charge is -2.33. The van der Waals surface area contributed by atoms with Gasteiger partial charge < -0.3 is 23.6 Å². The van der Waals surface area contributed by atoms with E-state index in [-0.39, 0.29) is 6.61 Å². The average molecular weight is 448 g/mol. The Morgan fingerprint density at radius 2 is 1.85 bits per heavy atom. The highest BCUT2D eigenvalue weighted by Crippen LogP contribution is 2.33. The summed E-state index contributed by atoms with van der Waals surface area (Å²) in [5.41, 5.74) is 3.39. The molecule has 1 atom stereocenters. The van der Waals surface area contributed by atoms with Crippen LogP contribution in [0.1, 0.15) is 35.8 Å². The Hall–Kier alpha value is -3.16. The molecule has 0 bridgehead atoms. The van der Waals surface area contributed by atoms with Crippen LogP contribution in [0.5, 0.6) is 5.75 Å². The van der Waals surface area contributed by atoms with Crippen LogP contribution in [0.25, 0.3) is 22.6 Å². The van der Waals surface area contributed by atoms with E-state index in [1.165, 1.54) is 11.1 Å². The average Bonchev–Trinajstić information content (AvgIpc) is 3.45. The molecule has 2 aromatic carbocycles. The lowest BCUT2D eigenvalue weighted by molar-refractivity contribution is 0.0599. The van der Waals surface area contributed by atoms with Gasteiger partial charge in [0, 0.05) is 19.5 Å². The van der Waals surface area contributed by atoms with E-state index in [9.17, 15) is 5.11 Å². The summed E-state index contributed by atoms with van der Waals surface area (Å²) < 4.78 is 17.3. The number of nitrogens with zero attached hydrogens (tertiary/aromatic N) is 3. The van der Waals surface area contributed by atoms with E-state index in [0.717, 1.165) is 31.3 Å². The Bertz CT molecular complexity index is 1210. The number of likely N-dealkylation sites (tertiary alicyclic amines) is 1. The summed E-state index contributed by atoms with van der Waals surface area (Å²) in [6, 6.07) is 16.3. The molecule has 2 aromatic heterocycles. The fourth-order valence-corrected chi connectivity index (χ4v) is 4.49. The highest BCUT2D eigenvalue weighted by atomic mass is 16.5. The monoisotopic (exact) mass is 447 g/mol. The molecule has 5 rings (SSSR count). The molecule has 3 heterocycles. The normalized spacial score (nSPS) is 16.3. The van der Waals surface area contributed by atoms with Gasteiger partial charge in [-0.1, -0.05) is 35.9 Å². The first-order valence-electron chi connectivity index (χ1n) is 11.5. The molecule has 0 saturated carbocycles. The quantitative estimate of drug-likeness (QED) is 0.439. The van der Waals surface area contributed by atoms with E-state index in [2.05, 4.69) is 46.3 Å². The van der Waals surface area contributed by atoms with Crippen LogP contribution in [0.2, 0.25) is 0 Å². The molecule has 0 unspecified atom stereocenters. The van der Waals surface area contributed by atoms with Crippen molar-refractivity contribution in [2.24, 2.45) is 0 Å². The minimum absolute atomic E-state index is 0.219. The van der Waals surface area contributed by atoms with E-state index in [0.29, 0.717) is 41.3 Å². The Morgan fingerprint density at radius 3 is 2.58 bits per heavy atom. The Kier molecular flexibility index (Phi) is 6.15. The molecule has 33 heavy (non-hydrogen) atoms. The predicted octanol–water partition coefficient (Wildman–Crippen LogP) is 4.72. The zero-order valence-corrected chi connectivity index (χ0v) is 19.0. The minimum atomic E-state index is -0.568. The maximum atomic E-state index is 10.6. The number of aliphatic hydroxyl groups excluding tert-OH is 1. The van der Waals surface area contributed by atoms with Gasteiger partial charge in [-0.2, -0.15) is 0 Å². The molecule has 1 aliphatic heterocycles. The lowest BCUT2D eigenvalue weighted by atomic mass is 9.89. The molecular weight excluding hydrogens is 418 g/mol. The largest absolute Gasteiger partial charge is 0.490 e. The fraction of sp³-hybridized carbons (Fsp3) is 0.385. The molecule has 1 saturated heterocycles. The first-order valence-corrected chi connectivity index (χ1v) is 11.5. The molecule has 0 radical (unpaired) electrons. The number of rotatable bonds is 7. The highest BCUT2D eigenvalue weighted by molar-refractivity contribution is 5.87. The SMILES string of the molecule is Cc1ccc(C2CCN(C[C@H](O)COc3cccc4oc(-c5nnc(C)o5)cc34)CC2)cc1. The number of benzene rings is 2. The van der Waals surface area contributed by atoms with E-state index in [4.69, 9.17) is 13.6 Å². The second kappa shape index (κ2) is 9.37. The molecular formula is C26H29N3O4. The van der Waals surface area contributed by atoms with Crippen molar-refractivity contribution < 1.29 is 18.7 Å². The molecule has 7 heteroatoms. The molecule has 7 nitrogen and oxygen atoms in total. The van der Waals surface area contributed by atoms with E-state index < -0.39 is 6.10 Å². The van der Waals surface area contributed by atoms with Crippen LogP contribution < -0.4 is 4.74 Å². The fourth-order valence-electron chi connectivity index (χ4n) is 4.49. The van der Waals surface area contributed by atoms with Gasteiger partial charge >= 0.3 is 0 Å². The van der Waals surface area contributed by atoms with Crippen LogP contribution in [-0.2, 0) is 0 Å². The number of fused-ring (bicyclic) bond motifs is 1. The van der Waals surface area contributed by atoms with Crippen LogP contribution in [0.3, 0.4) is 0 Å². The van der Waals surface area contributed by atoms with Gasteiger partial charge in [-0.3, -0.25) is 0 Å². The standard InChI is InChI=1S/C26H29N3O4/c1-17-6-8-19(9-7-17)20-10-12-29(13-11-20)15-21(30)16-31-23-4-3-5-24-22(23)14-25(33-24)26-28-27-18(2)32-26/h3-9,14,20-21,30H,10-13,15-16H2,1-2H3/t21-/m0/s1. The van der Waals surface area contributed by atoms with Crippen molar-refractivity contribution in [1.29, 1.82) is 0 Å². The van der Waals surface area contributed by atoms with Gasteiger partial charge in [-0.05, 0) is 56.5 Å². The van der Waals surface area contributed by atoms with Crippen LogP contribution in [0.15, 0.2) is 57.4 Å². The molecule has 1 fully saturated rings. The van der Waals surface area contributed by atoms with Crippen LogP contribution in [0, 0.1) is 13.8 Å². The van der Waals surface area contributed by atoms with Crippen molar-refractivity contribution in [3.8, 4) is 17.4 Å². The third-order valence-corrected chi connectivity index (χ3v) is 6.29. The van der Waals surface area contributed by atoms with E-state index in [1.807, 2.05) is 24.3 Å². The summed E-state index contributed by atoms with van der Waals surface area (Å²) in [6.45, 7) is 6.65. The first-order chi connectivity index (χ1) is 16.0. The van der Waals surface area contributed by atoms with Crippen molar-refractivity contribution >= 4 is 11.0 Å². The molecule has 0 spiro atoms. The van der Waals surface area contributed by atoms with Crippen LogP contribution in [-0.4, -0.2) is 52.5 Å². The van der Waals surface area contributed by atoms with Crippen molar-refractivity contribution in [2.75, 3.05) is 26.2 Å². The van der Waals surface area contributed by atoms with Gasteiger partial charge in [0.1, 0.15) is 24.0 Å². The summed E-state index contributed by atoms with van der Waals surface area (Å²) >= 11 is 0. The van der Waals surface area contributed by atoms with Gasteiger partial charge in [0.15, 0.2) is 5.76 Å². The number of hydrogen-bond donors (Lipinski definition) is 1. The first kappa shape index (κ1) is 21.7. The number of β-amino-alcohol motifs (C(OH)–C–C–N with tert-alkyl or cyclic N) is 1. The number of aryl methyl sites for hydroxylation is 2. The summed E-state index contributed by atoms with van der Waals surface area (Å²) in [4.78, 5) is 2.33. The Balaban J connectivity index is 1.16. The number of hydrogen-bond acceptors (Lipinski definition) is 7. The molecule has 1 aliphatic rings. The van der Waals surface area contributed by atoms with Crippen LogP contribution in [0.4, 0.5) is 0 Å². The Labute approximate surface area is 193 Å². The van der Waals surface area contributed by atoms with Crippen molar-refractivity contribution in [3.63, 3.8) is 0 Å². The van der Waals surface area contributed by atoms with Crippen molar-refractivity contribution in [2.45, 2.75) is 38.7 Å². The Morgan fingerprint density at radius 1 is 1.06 bits per heavy atom. The third kappa shape index (κ3) is 4.94. The third-order valence-electron chi connectivity index (χ3n) is 6.29. The number of ether oxygens (including phenoxy) is 1. The molecule has 1 N–H and O–H groups in total. The van der Waals surface area contributed by atoms with Gasteiger partial charge in [-0.15, -0.1) is 10.2 Å². The molecule has 172 valence electrons. The van der Waals surface area contributed by atoms with Gasteiger partial charge in [0.25, 0.3) is 5.89 Å². The maximum absolute atomic E-state index is 10.6. The van der Waals surface area contributed by atoms with Crippen molar-refractivity contribution in [3.05, 3.63) is 65.5 Å². The molecule has 0 amide bonds. The van der Waals surface area contributed by atoms with E-state index in [1.54, 1.807) is 6.92 Å². The summed E-state index contributed by atoms with van der Waals surface area (Å²) in [5, 5.41) is 19.3. The number of piperidine rings is 1. The lowest BCUT2D eigenvalue weighted by Crippen LogP contribution is -2.40. The van der Waals surface area contributed by atoms with Crippen molar-refractivity contribution in [1.82, 2.24) is 15.1 Å².